The second-order valence-corrected chi connectivity index (χ2v) is 7.60. The number of amides is 1. The zero-order valence-corrected chi connectivity index (χ0v) is 17.8. The number of rotatable bonds is 4. The molecule has 1 amide bonds. The van der Waals surface area contributed by atoms with Gasteiger partial charge in [-0.2, -0.15) is 0 Å². The molecule has 9 heteroatoms. The van der Waals surface area contributed by atoms with Crippen molar-refractivity contribution >= 4 is 11.7 Å². The van der Waals surface area contributed by atoms with E-state index in [-0.39, 0.29) is 20.5 Å². The Kier molecular flexibility index (Phi) is 5.77. The smallest absolute Gasteiger partial charge is 0.270 e. The minimum absolute atomic E-state index is 0. The van der Waals surface area contributed by atoms with E-state index in [1.54, 1.807) is 18.3 Å². The molecule has 3 heterocycles. The Labute approximate surface area is 193 Å². The van der Waals surface area contributed by atoms with Gasteiger partial charge in [-0.25, -0.2) is 9.97 Å². The van der Waals surface area contributed by atoms with Crippen molar-refractivity contribution in [1.82, 2.24) is 25.1 Å². The summed E-state index contributed by atoms with van der Waals surface area (Å²) in [5, 5.41) is 8.19. The lowest BCUT2D eigenvalue weighted by Gasteiger charge is -2.19. The molecule has 0 atom stereocenters. The van der Waals surface area contributed by atoms with E-state index in [1.807, 2.05) is 47.4 Å². The standard InChI is InChI=1S/C24H22N6O3.2H2/c25-21-20(23-29-28-22(33-23)17-5-2-1-3-6-17)27-19(15-26-21)16-7-9-18(10-8-16)24(31)30-11-4-13-32-14-12-30;;/h1-3,5-10,15H,4,11-14H2,(H2,25,26);2*1H. The Morgan fingerprint density at radius 3 is 2.55 bits per heavy atom. The van der Waals surface area contributed by atoms with Gasteiger partial charge in [0.2, 0.25) is 5.89 Å². The van der Waals surface area contributed by atoms with Gasteiger partial charge in [-0.15, -0.1) is 10.2 Å². The summed E-state index contributed by atoms with van der Waals surface area (Å²) in [6, 6.07) is 16.7. The zero-order valence-electron chi connectivity index (χ0n) is 17.8. The van der Waals surface area contributed by atoms with Gasteiger partial charge in [-0.3, -0.25) is 4.79 Å². The summed E-state index contributed by atoms with van der Waals surface area (Å²) in [7, 11) is 0. The molecule has 33 heavy (non-hydrogen) atoms. The van der Waals surface area contributed by atoms with Crippen molar-refractivity contribution in [3.63, 3.8) is 0 Å². The summed E-state index contributed by atoms with van der Waals surface area (Å²) in [4.78, 5) is 23.5. The highest BCUT2D eigenvalue weighted by molar-refractivity contribution is 5.94. The Balaban J connectivity index is 0.00000171. The number of nitrogens with two attached hydrogens (primary N) is 1. The molecule has 2 aromatic heterocycles. The number of anilines is 1. The first-order valence-electron chi connectivity index (χ1n) is 10.7. The lowest BCUT2D eigenvalue weighted by Crippen LogP contribution is -2.33. The minimum atomic E-state index is -0.00423. The maximum atomic E-state index is 12.8. The summed E-state index contributed by atoms with van der Waals surface area (Å²) in [6.45, 7) is 2.55. The van der Waals surface area contributed by atoms with Crippen LogP contribution in [0.4, 0.5) is 5.82 Å². The van der Waals surface area contributed by atoms with Crippen LogP contribution in [-0.2, 0) is 4.74 Å². The van der Waals surface area contributed by atoms with Crippen molar-refractivity contribution < 1.29 is 16.8 Å². The molecule has 1 aliphatic rings. The van der Waals surface area contributed by atoms with Gasteiger partial charge in [0.1, 0.15) is 0 Å². The van der Waals surface area contributed by atoms with Crippen LogP contribution in [0.3, 0.4) is 0 Å². The van der Waals surface area contributed by atoms with Crippen LogP contribution in [0.25, 0.3) is 34.3 Å². The molecule has 0 bridgehead atoms. The monoisotopic (exact) mass is 446 g/mol. The van der Waals surface area contributed by atoms with Gasteiger partial charge >= 0.3 is 0 Å². The van der Waals surface area contributed by atoms with Crippen molar-refractivity contribution in [2.45, 2.75) is 6.42 Å². The van der Waals surface area contributed by atoms with Crippen LogP contribution in [0.15, 0.2) is 65.2 Å². The predicted octanol–water partition coefficient (Wildman–Crippen LogP) is 3.80. The maximum absolute atomic E-state index is 12.8. The van der Waals surface area contributed by atoms with E-state index < -0.39 is 0 Å². The van der Waals surface area contributed by atoms with Gasteiger partial charge in [-0.05, 0) is 30.7 Å². The second kappa shape index (κ2) is 9.17. The molecule has 170 valence electrons. The van der Waals surface area contributed by atoms with Crippen molar-refractivity contribution in [3.8, 4) is 34.3 Å². The fourth-order valence-corrected chi connectivity index (χ4v) is 3.63. The number of aromatic nitrogens is 4. The SMILES string of the molecule is Nc1ncc(-c2ccc(C(=O)N3CCCOCC3)cc2)nc1-c1nnc(-c2ccccc2)o1.[HH].[HH]. The van der Waals surface area contributed by atoms with E-state index in [1.165, 1.54) is 0 Å². The predicted molar refractivity (Wildman–Crippen MR) is 126 cm³/mol. The first kappa shape index (κ1) is 20.8. The van der Waals surface area contributed by atoms with Crippen molar-refractivity contribution in [2.24, 2.45) is 0 Å². The summed E-state index contributed by atoms with van der Waals surface area (Å²) in [5.41, 5.74) is 9.15. The third kappa shape index (κ3) is 4.44. The average Bonchev–Trinajstić information content (AvgIpc) is 3.19. The minimum Gasteiger partial charge on any atom is -0.414 e. The first-order chi connectivity index (χ1) is 16.2. The fourth-order valence-electron chi connectivity index (χ4n) is 3.63. The van der Waals surface area contributed by atoms with Gasteiger partial charge in [0.15, 0.2) is 11.5 Å². The molecule has 1 saturated heterocycles. The van der Waals surface area contributed by atoms with Crippen LogP contribution >= 0.6 is 0 Å². The van der Waals surface area contributed by atoms with E-state index in [2.05, 4.69) is 20.2 Å². The molecule has 4 aromatic rings. The molecule has 0 unspecified atom stereocenters. The van der Waals surface area contributed by atoms with Crippen LogP contribution in [0, 0.1) is 0 Å². The van der Waals surface area contributed by atoms with E-state index in [9.17, 15) is 4.79 Å². The number of nitrogens with zero attached hydrogens (tertiary/aromatic N) is 5. The second-order valence-electron chi connectivity index (χ2n) is 7.60. The molecule has 0 aliphatic carbocycles. The molecule has 2 aromatic carbocycles. The highest BCUT2D eigenvalue weighted by Gasteiger charge is 2.19. The fraction of sp³-hybridized carbons (Fsp3) is 0.208. The van der Waals surface area contributed by atoms with E-state index >= 15 is 0 Å². The Hall–Kier alpha value is -4.11. The third-order valence-corrected chi connectivity index (χ3v) is 5.39. The molecule has 0 radical (unpaired) electrons. The van der Waals surface area contributed by atoms with Gasteiger partial charge in [-0.1, -0.05) is 30.3 Å². The number of nitrogen functional groups attached to an aromatic ring is 1. The normalized spacial score (nSPS) is 14.1. The van der Waals surface area contributed by atoms with Crippen molar-refractivity contribution in [2.75, 3.05) is 32.0 Å². The molecule has 1 aliphatic heterocycles. The molecule has 2 N–H and O–H groups in total. The topological polar surface area (TPSA) is 120 Å². The molecule has 0 spiro atoms. The summed E-state index contributed by atoms with van der Waals surface area (Å²) < 4.78 is 11.2. The average molecular weight is 447 g/mol. The molecular formula is C24H26N6O3. The Morgan fingerprint density at radius 2 is 1.73 bits per heavy atom. The number of hydrogen-bond acceptors (Lipinski definition) is 8. The van der Waals surface area contributed by atoms with Gasteiger partial charge in [0, 0.05) is 39.2 Å². The van der Waals surface area contributed by atoms with E-state index in [4.69, 9.17) is 14.9 Å². The van der Waals surface area contributed by atoms with Crippen LogP contribution in [-0.4, -0.2) is 57.3 Å². The van der Waals surface area contributed by atoms with E-state index in [0.29, 0.717) is 49.1 Å². The highest BCUT2D eigenvalue weighted by atomic mass is 16.5. The third-order valence-electron chi connectivity index (χ3n) is 5.39. The number of carbonyl (C=O) groups excluding carboxylic acids is 1. The van der Waals surface area contributed by atoms with Crippen LogP contribution < -0.4 is 5.73 Å². The Morgan fingerprint density at radius 1 is 0.939 bits per heavy atom. The van der Waals surface area contributed by atoms with Crippen molar-refractivity contribution in [1.29, 1.82) is 0 Å². The number of ether oxygens (including phenoxy) is 1. The summed E-state index contributed by atoms with van der Waals surface area (Å²) in [6.07, 6.45) is 2.42. The van der Waals surface area contributed by atoms with Crippen LogP contribution in [0.1, 0.15) is 19.6 Å². The molecule has 9 nitrogen and oxygen atoms in total. The summed E-state index contributed by atoms with van der Waals surface area (Å²) in [5.74, 6) is 0.752. The zero-order chi connectivity index (χ0) is 22.6. The maximum Gasteiger partial charge on any atom is 0.270 e. The number of benzene rings is 2. The van der Waals surface area contributed by atoms with Gasteiger partial charge in [0.25, 0.3) is 11.8 Å². The summed E-state index contributed by atoms with van der Waals surface area (Å²) >= 11 is 0. The highest BCUT2D eigenvalue weighted by Crippen LogP contribution is 2.28. The molecule has 0 saturated carbocycles. The first-order valence-corrected chi connectivity index (χ1v) is 10.7. The molecular weight excluding hydrogens is 420 g/mol. The largest absolute Gasteiger partial charge is 0.414 e. The van der Waals surface area contributed by atoms with Gasteiger partial charge in [0.05, 0.1) is 18.5 Å². The van der Waals surface area contributed by atoms with Crippen molar-refractivity contribution in [3.05, 3.63) is 66.4 Å². The van der Waals surface area contributed by atoms with Gasteiger partial charge < -0.3 is 19.8 Å². The number of hydrogen-bond donors (Lipinski definition) is 1. The Bertz CT molecular complexity index is 1260. The van der Waals surface area contributed by atoms with E-state index in [0.717, 1.165) is 17.5 Å². The quantitative estimate of drug-likeness (QED) is 0.503. The van der Waals surface area contributed by atoms with Crippen LogP contribution in [0.5, 0.6) is 0 Å². The molecule has 5 rings (SSSR count). The number of carbonyl (C=O) groups is 1. The molecule has 1 fully saturated rings. The lowest BCUT2D eigenvalue weighted by atomic mass is 10.1. The lowest BCUT2D eigenvalue weighted by molar-refractivity contribution is 0.0741. The van der Waals surface area contributed by atoms with Crippen LogP contribution in [0.2, 0.25) is 0 Å².